The highest BCUT2D eigenvalue weighted by Gasteiger charge is 2.29. The molecule has 1 aliphatic heterocycles. The minimum Gasteiger partial charge on any atom is -0.434 e. The first-order valence-electron chi connectivity index (χ1n) is 7.98. The van der Waals surface area contributed by atoms with E-state index in [0.29, 0.717) is 6.54 Å². The zero-order valence-electron chi connectivity index (χ0n) is 13.7. The van der Waals surface area contributed by atoms with Gasteiger partial charge in [-0.1, -0.05) is 12.1 Å². The molecule has 0 bridgehead atoms. The van der Waals surface area contributed by atoms with Crippen LogP contribution in [0.2, 0.25) is 0 Å². The molecule has 0 aromatic heterocycles. The Morgan fingerprint density at radius 1 is 1.35 bits per heavy atom. The molecule has 1 amide bonds. The number of rotatable bonds is 6. The van der Waals surface area contributed by atoms with Gasteiger partial charge >= 0.3 is 6.61 Å². The van der Waals surface area contributed by atoms with Crippen molar-refractivity contribution in [1.29, 1.82) is 0 Å². The van der Waals surface area contributed by atoms with Crippen LogP contribution >= 0.6 is 0 Å². The van der Waals surface area contributed by atoms with Crippen LogP contribution in [-0.4, -0.2) is 55.5 Å². The number of benzene rings is 1. The lowest BCUT2D eigenvalue weighted by Crippen LogP contribution is -2.45. The Balaban J connectivity index is 2.16. The molecule has 0 radical (unpaired) electrons. The van der Waals surface area contributed by atoms with Crippen LogP contribution in [0.5, 0.6) is 5.75 Å². The highest BCUT2D eigenvalue weighted by Crippen LogP contribution is 2.27. The number of hydrogen-bond acceptors (Lipinski definition) is 3. The second-order valence-electron chi connectivity index (χ2n) is 6.11. The zero-order valence-corrected chi connectivity index (χ0v) is 13.7. The maximum Gasteiger partial charge on any atom is 0.387 e. The number of nitrogens with zero attached hydrogens (tertiary/aromatic N) is 2. The van der Waals surface area contributed by atoms with Crippen LogP contribution in [0.4, 0.5) is 8.78 Å². The van der Waals surface area contributed by atoms with Crippen molar-refractivity contribution in [3.63, 3.8) is 0 Å². The number of alkyl halides is 2. The number of piperidine rings is 1. The van der Waals surface area contributed by atoms with Gasteiger partial charge in [-0.2, -0.15) is 8.78 Å². The average molecular weight is 326 g/mol. The van der Waals surface area contributed by atoms with Gasteiger partial charge in [-0.05, 0) is 58.5 Å². The third kappa shape index (κ3) is 4.89. The number of likely N-dealkylation sites (tertiary alicyclic amines) is 1. The van der Waals surface area contributed by atoms with E-state index in [-0.39, 0.29) is 23.3 Å². The highest BCUT2D eigenvalue weighted by atomic mass is 19.3. The van der Waals surface area contributed by atoms with Gasteiger partial charge in [0.1, 0.15) is 5.75 Å². The van der Waals surface area contributed by atoms with Crippen molar-refractivity contribution in [3.05, 3.63) is 29.8 Å². The average Bonchev–Trinajstić information content (AvgIpc) is 2.52. The Kier molecular flexibility index (Phi) is 6.33. The van der Waals surface area contributed by atoms with Crippen LogP contribution in [0, 0.1) is 0 Å². The minimum absolute atomic E-state index is 0.0515. The van der Waals surface area contributed by atoms with Gasteiger partial charge < -0.3 is 14.5 Å². The van der Waals surface area contributed by atoms with E-state index in [9.17, 15) is 13.6 Å². The lowest BCUT2D eigenvalue weighted by Gasteiger charge is -2.36. The second-order valence-corrected chi connectivity index (χ2v) is 6.11. The summed E-state index contributed by atoms with van der Waals surface area (Å²) in [6.45, 7) is -1.38. The van der Waals surface area contributed by atoms with Crippen molar-refractivity contribution in [1.82, 2.24) is 9.80 Å². The number of carbonyl (C=O) groups is 1. The molecule has 2 rings (SSSR count). The molecule has 6 heteroatoms. The topological polar surface area (TPSA) is 32.8 Å². The van der Waals surface area contributed by atoms with Gasteiger partial charge in [0.25, 0.3) is 5.91 Å². The molecule has 4 nitrogen and oxygen atoms in total. The molecule has 1 aromatic carbocycles. The fourth-order valence-electron chi connectivity index (χ4n) is 2.97. The molecule has 1 heterocycles. The predicted molar refractivity (Wildman–Crippen MR) is 84.9 cm³/mol. The number of halogens is 2. The van der Waals surface area contributed by atoms with Crippen molar-refractivity contribution in [2.24, 2.45) is 0 Å². The molecule has 0 spiro atoms. The SMILES string of the molecule is CN(C)CCC1CCCCN1C(=O)c1ccccc1OC(F)F. The summed E-state index contributed by atoms with van der Waals surface area (Å²) < 4.78 is 29.6. The summed E-state index contributed by atoms with van der Waals surface area (Å²) in [6.07, 6.45) is 3.88. The number of hydrogen-bond donors (Lipinski definition) is 0. The van der Waals surface area contributed by atoms with Crippen LogP contribution in [0.1, 0.15) is 36.0 Å². The first-order chi connectivity index (χ1) is 11.0. The summed E-state index contributed by atoms with van der Waals surface area (Å²) in [5, 5.41) is 0. The molecule has 23 heavy (non-hydrogen) atoms. The second kappa shape index (κ2) is 8.24. The van der Waals surface area contributed by atoms with Gasteiger partial charge in [0.2, 0.25) is 0 Å². The van der Waals surface area contributed by atoms with Crippen molar-refractivity contribution in [3.8, 4) is 5.75 Å². The molecule has 1 unspecified atom stereocenters. The van der Waals surface area contributed by atoms with Crippen LogP contribution in [0.25, 0.3) is 0 Å². The van der Waals surface area contributed by atoms with Gasteiger partial charge in [-0.15, -0.1) is 0 Å². The normalized spacial score (nSPS) is 18.5. The van der Waals surface area contributed by atoms with E-state index in [0.717, 1.165) is 32.2 Å². The maximum absolute atomic E-state index is 12.8. The Morgan fingerprint density at radius 3 is 2.78 bits per heavy atom. The molecule has 1 fully saturated rings. The van der Waals surface area contributed by atoms with E-state index < -0.39 is 6.61 Å². The van der Waals surface area contributed by atoms with Gasteiger partial charge in [0, 0.05) is 12.6 Å². The van der Waals surface area contributed by atoms with Crippen LogP contribution < -0.4 is 4.74 Å². The van der Waals surface area contributed by atoms with Crippen molar-refractivity contribution in [2.45, 2.75) is 38.3 Å². The number of para-hydroxylation sites is 1. The van der Waals surface area contributed by atoms with Crippen molar-refractivity contribution < 1.29 is 18.3 Å². The number of ether oxygens (including phenoxy) is 1. The number of amides is 1. The highest BCUT2D eigenvalue weighted by molar-refractivity contribution is 5.97. The molecular weight excluding hydrogens is 302 g/mol. The molecule has 1 saturated heterocycles. The summed E-state index contributed by atoms with van der Waals surface area (Å²) in [4.78, 5) is 16.8. The van der Waals surface area contributed by atoms with Gasteiger partial charge in [-0.3, -0.25) is 4.79 Å². The van der Waals surface area contributed by atoms with Crippen LogP contribution in [0.3, 0.4) is 0 Å². The van der Waals surface area contributed by atoms with Gasteiger partial charge in [0.05, 0.1) is 5.56 Å². The van der Waals surface area contributed by atoms with Crippen LogP contribution in [-0.2, 0) is 0 Å². The Labute approximate surface area is 136 Å². The lowest BCUT2D eigenvalue weighted by molar-refractivity contribution is -0.0503. The predicted octanol–water partition coefficient (Wildman–Crippen LogP) is 3.23. The molecule has 0 saturated carbocycles. The number of carbonyl (C=O) groups excluding carboxylic acids is 1. The first-order valence-corrected chi connectivity index (χ1v) is 7.98. The monoisotopic (exact) mass is 326 g/mol. The maximum atomic E-state index is 12.8. The quantitative estimate of drug-likeness (QED) is 0.804. The summed E-state index contributed by atoms with van der Waals surface area (Å²) >= 11 is 0. The lowest BCUT2D eigenvalue weighted by atomic mass is 9.98. The minimum atomic E-state index is -2.94. The smallest absolute Gasteiger partial charge is 0.387 e. The summed E-state index contributed by atoms with van der Waals surface area (Å²) in [5.41, 5.74) is 0.213. The van der Waals surface area contributed by atoms with Crippen LogP contribution in [0.15, 0.2) is 24.3 Å². The van der Waals surface area contributed by atoms with Crippen molar-refractivity contribution >= 4 is 5.91 Å². The summed E-state index contributed by atoms with van der Waals surface area (Å²) in [5.74, 6) is -0.269. The van der Waals surface area contributed by atoms with Gasteiger partial charge in [0.15, 0.2) is 0 Å². The van der Waals surface area contributed by atoms with E-state index in [1.165, 1.54) is 6.07 Å². The molecule has 128 valence electrons. The Morgan fingerprint density at radius 2 is 2.09 bits per heavy atom. The van der Waals surface area contributed by atoms with E-state index in [2.05, 4.69) is 9.64 Å². The fourth-order valence-corrected chi connectivity index (χ4v) is 2.97. The Hall–Kier alpha value is -1.69. The summed E-state index contributed by atoms with van der Waals surface area (Å²) in [7, 11) is 4.00. The molecule has 1 aliphatic rings. The van der Waals surface area contributed by atoms with E-state index >= 15 is 0 Å². The Bertz CT molecular complexity index is 523. The molecular formula is C17H24F2N2O2. The molecule has 0 aliphatic carbocycles. The summed E-state index contributed by atoms with van der Waals surface area (Å²) in [6, 6.07) is 6.38. The molecule has 0 N–H and O–H groups in total. The third-order valence-corrected chi connectivity index (χ3v) is 4.13. The third-order valence-electron chi connectivity index (χ3n) is 4.13. The fraction of sp³-hybridized carbons (Fsp3) is 0.588. The van der Waals surface area contributed by atoms with E-state index in [4.69, 9.17) is 0 Å². The van der Waals surface area contributed by atoms with Crippen molar-refractivity contribution in [2.75, 3.05) is 27.2 Å². The molecule has 1 aromatic rings. The van der Waals surface area contributed by atoms with E-state index in [1.807, 2.05) is 19.0 Å². The largest absolute Gasteiger partial charge is 0.434 e. The molecule has 1 atom stereocenters. The van der Waals surface area contributed by atoms with E-state index in [1.54, 1.807) is 18.2 Å². The first kappa shape index (κ1) is 17.7. The standard InChI is InChI=1S/C17H24F2N2O2/c1-20(2)12-10-13-7-5-6-11-21(13)16(22)14-8-3-4-9-15(14)23-17(18)19/h3-4,8-9,13,17H,5-7,10-12H2,1-2H3. The zero-order chi connectivity index (χ0) is 16.8. The van der Waals surface area contributed by atoms with Gasteiger partial charge in [-0.25, -0.2) is 0 Å².